The van der Waals surface area contributed by atoms with Crippen LogP contribution in [0.5, 0.6) is 5.75 Å². The van der Waals surface area contributed by atoms with Gasteiger partial charge in [0.15, 0.2) is 10.6 Å². The molecule has 9 heteroatoms. The summed E-state index contributed by atoms with van der Waals surface area (Å²) in [5.74, 6) is -0.452. The number of anilines is 1. The zero-order valence-electron chi connectivity index (χ0n) is 19.4. The van der Waals surface area contributed by atoms with E-state index < -0.39 is 17.9 Å². The second-order valence-corrected chi connectivity index (χ2v) is 9.05. The average molecular weight is 491 g/mol. The number of esters is 1. The van der Waals surface area contributed by atoms with E-state index in [1.54, 1.807) is 31.2 Å². The minimum absolute atomic E-state index is 0.0361. The predicted molar refractivity (Wildman–Crippen MR) is 132 cm³/mol. The van der Waals surface area contributed by atoms with Crippen LogP contribution < -0.4 is 15.1 Å². The van der Waals surface area contributed by atoms with Crippen LogP contribution in [-0.4, -0.2) is 30.6 Å². The van der Waals surface area contributed by atoms with E-state index in [0.717, 1.165) is 17.8 Å². The van der Waals surface area contributed by atoms with Gasteiger partial charge in [0.25, 0.3) is 5.91 Å². The summed E-state index contributed by atoms with van der Waals surface area (Å²) in [6.07, 6.45) is 0.839. The van der Waals surface area contributed by atoms with Crippen molar-refractivity contribution in [1.29, 1.82) is 0 Å². The van der Waals surface area contributed by atoms with Gasteiger partial charge in [-0.05, 0) is 43.2 Å². The summed E-state index contributed by atoms with van der Waals surface area (Å²) in [5, 5.41) is 0.655. The number of methoxy groups -OCH3 is 1. The number of nitrogens with zero attached hydrogens (tertiary/aromatic N) is 2. The van der Waals surface area contributed by atoms with Crippen molar-refractivity contribution in [3.05, 3.63) is 86.2 Å². The maximum Gasteiger partial charge on any atom is 0.350 e. The largest absolute Gasteiger partial charge is 0.494 e. The Balaban J connectivity index is 1.74. The number of hydrogen-bond donors (Lipinski definition) is 0. The Labute approximate surface area is 204 Å². The first-order chi connectivity index (χ1) is 16.9. The molecular formula is C26H22N2O6S. The number of thiazole rings is 1. The van der Waals surface area contributed by atoms with Crippen LogP contribution in [0.1, 0.15) is 56.4 Å². The van der Waals surface area contributed by atoms with E-state index in [2.05, 4.69) is 4.98 Å². The highest BCUT2D eigenvalue weighted by Crippen LogP contribution is 2.43. The van der Waals surface area contributed by atoms with Crippen molar-refractivity contribution in [3.8, 4) is 5.75 Å². The van der Waals surface area contributed by atoms with E-state index in [1.807, 2.05) is 31.2 Å². The Kier molecular flexibility index (Phi) is 5.86. The highest BCUT2D eigenvalue weighted by atomic mass is 32.1. The second kappa shape index (κ2) is 8.99. The summed E-state index contributed by atoms with van der Waals surface area (Å²) in [6.45, 7) is 4.22. The van der Waals surface area contributed by atoms with E-state index >= 15 is 0 Å². The van der Waals surface area contributed by atoms with Crippen molar-refractivity contribution in [1.82, 2.24) is 4.98 Å². The highest BCUT2D eigenvalue weighted by Gasteiger charge is 2.45. The van der Waals surface area contributed by atoms with Crippen molar-refractivity contribution >= 4 is 39.3 Å². The second-order valence-electron chi connectivity index (χ2n) is 8.07. The SMILES string of the molecule is CCCOc1cccc([C@@H]2c3c(oc4ccccc4c3=O)C(=O)N2c2nc(C)c(C(=O)OC)s2)c1. The number of para-hydroxylation sites is 1. The third-order valence-electron chi connectivity index (χ3n) is 5.79. The molecule has 0 saturated carbocycles. The van der Waals surface area contributed by atoms with Crippen molar-refractivity contribution in [2.75, 3.05) is 18.6 Å². The molecule has 35 heavy (non-hydrogen) atoms. The van der Waals surface area contributed by atoms with Crippen LogP contribution in [0.15, 0.2) is 57.7 Å². The lowest BCUT2D eigenvalue weighted by Crippen LogP contribution is -2.29. The molecule has 2 aromatic carbocycles. The molecule has 1 aliphatic rings. The fourth-order valence-corrected chi connectivity index (χ4v) is 5.21. The molecule has 0 aliphatic carbocycles. The number of benzene rings is 2. The van der Waals surface area contributed by atoms with Crippen molar-refractivity contribution < 1.29 is 23.5 Å². The quantitative estimate of drug-likeness (QED) is 0.355. The van der Waals surface area contributed by atoms with Crippen molar-refractivity contribution in [3.63, 3.8) is 0 Å². The third kappa shape index (κ3) is 3.77. The van der Waals surface area contributed by atoms with Crippen molar-refractivity contribution in [2.45, 2.75) is 26.3 Å². The molecule has 0 unspecified atom stereocenters. The average Bonchev–Trinajstić information content (AvgIpc) is 3.40. The standard InChI is InChI=1S/C26H22N2O6S/c1-4-12-33-16-9-7-8-15(13-16)20-19-21(29)17-10-5-6-11-18(17)34-22(19)24(30)28(20)26-27-14(2)23(35-26)25(31)32-3/h5-11,13,20H,4,12H2,1-3H3/t20-/m1/s1. The van der Waals surface area contributed by atoms with Gasteiger partial charge in [0, 0.05) is 0 Å². The number of carbonyl (C=O) groups is 2. The molecule has 3 heterocycles. The molecule has 1 aliphatic heterocycles. The molecule has 4 aromatic rings. The molecule has 1 amide bonds. The highest BCUT2D eigenvalue weighted by molar-refractivity contribution is 7.17. The molecule has 1 atom stereocenters. The van der Waals surface area contributed by atoms with Crippen LogP contribution in [-0.2, 0) is 4.74 Å². The zero-order valence-corrected chi connectivity index (χ0v) is 20.2. The van der Waals surface area contributed by atoms with Crippen LogP contribution in [0, 0.1) is 6.92 Å². The maximum absolute atomic E-state index is 13.7. The maximum atomic E-state index is 13.7. The van der Waals surface area contributed by atoms with Crippen LogP contribution in [0.4, 0.5) is 5.13 Å². The van der Waals surface area contributed by atoms with Gasteiger partial charge >= 0.3 is 5.97 Å². The summed E-state index contributed by atoms with van der Waals surface area (Å²) in [4.78, 5) is 45.8. The van der Waals surface area contributed by atoms with E-state index in [4.69, 9.17) is 13.9 Å². The first-order valence-electron chi connectivity index (χ1n) is 11.1. The molecule has 8 nitrogen and oxygen atoms in total. The van der Waals surface area contributed by atoms with Crippen molar-refractivity contribution in [2.24, 2.45) is 0 Å². The molecular weight excluding hydrogens is 468 g/mol. The lowest BCUT2D eigenvalue weighted by molar-refractivity contribution is 0.0605. The van der Waals surface area contributed by atoms with Gasteiger partial charge in [-0.2, -0.15) is 0 Å². The Morgan fingerprint density at radius 2 is 1.97 bits per heavy atom. The smallest absolute Gasteiger partial charge is 0.350 e. The van der Waals surface area contributed by atoms with E-state index in [0.29, 0.717) is 34.6 Å². The summed E-state index contributed by atoms with van der Waals surface area (Å²) in [7, 11) is 1.29. The van der Waals surface area contributed by atoms with Gasteiger partial charge in [0.2, 0.25) is 5.76 Å². The topological polar surface area (TPSA) is 98.9 Å². The first-order valence-corrected chi connectivity index (χ1v) is 11.9. The van der Waals surface area contributed by atoms with Gasteiger partial charge in [-0.25, -0.2) is 9.78 Å². The zero-order chi connectivity index (χ0) is 24.7. The number of aryl methyl sites for hydroxylation is 1. The number of hydrogen-bond acceptors (Lipinski definition) is 8. The Bertz CT molecular complexity index is 1520. The van der Waals surface area contributed by atoms with Gasteiger partial charge in [-0.3, -0.25) is 14.5 Å². The molecule has 0 saturated heterocycles. The number of fused-ring (bicyclic) bond motifs is 2. The van der Waals surface area contributed by atoms with Gasteiger partial charge in [-0.15, -0.1) is 0 Å². The minimum Gasteiger partial charge on any atom is -0.494 e. The number of aromatic nitrogens is 1. The molecule has 178 valence electrons. The first kappa shape index (κ1) is 22.8. The van der Waals surface area contributed by atoms with Gasteiger partial charge < -0.3 is 13.9 Å². The fourth-order valence-electron chi connectivity index (χ4n) is 4.19. The Morgan fingerprint density at radius 3 is 2.74 bits per heavy atom. The van der Waals surface area contributed by atoms with Crippen LogP contribution >= 0.6 is 11.3 Å². The normalized spacial score (nSPS) is 14.9. The molecule has 0 radical (unpaired) electrons. The number of carbonyl (C=O) groups excluding carboxylic acids is 2. The Hall–Kier alpha value is -3.98. The monoisotopic (exact) mass is 490 g/mol. The lowest BCUT2D eigenvalue weighted by Gasteiger charge is -2.23. The third-order valence-corrected chi connectivity index (χ3v) is 6.92. The number of amides is 1. The summed E-state index contributed by atoms with van der Waals surface area (Å²) in [5.41, 5.74) is 1.37. The lowest BCUT2D eigenvalue weighted by atomic mass is 9.98. The van der Waals surface area contributed by atoms with Gasteiger partial charge in [-0.1, -0.05) is 42.5 Å². The summed E-state index contributed by atoms with van der Waals surface area (Å²) < 4.78 is 16.6. The molecule has 2 aromatic heterocycles. The van der Waals surface area contributed by atoms with E-state index in [1.165, 1.54) is 12.0 Å². The molecule has 0 fully saturated rings. The van der Waals surface area contributed by atoms with Crippen LogP contribution in [0.2, 0.25) is 0 Å². The molecule has 0 N–H and O–H groups in total. The van der Waals surface area contributed by atoms with Crippen LogP contribution in [0.3, 0.4) is 0 Å². The van der Waals surface area contributed by atoms with Gasteiger partial charge in [0.1, 0.15) is 16.2 Å². The van der Waals surface area contributed by atoms with Crippen LogP contribution in [0.25, 0.3) is 11.0 Å². The van der Waals surface area contributed by atoms with E-state index in [-0.39, 0.29) is 26.8 Å². The fraction of sp³-hybridized carbons (Fsp3) is 0.231. The van der Waals surface area contributed by atoms with E-state index in [9.17, 15) is 14.4 Å². The Morgan fingerprint density at radius 1 is 1.17 bits per heavy atom. The molecule has 0 bridgehead atoms. The summed E-state index contributed by atoms with van der Waals surface area (Å²) >= 11 is 1.03. The number of ether oxygens (including phenoxy) is 2. The predicted octanol–water partition coefficient (Wildman–Crippen LogP) is 4.88. The molecule has 5 rings (SSSR count). The molecule has 0 spiro atoms. The summed E-state index contributed by atoms with van der Waals surface area (Å²) in [6, 6.07) is 13.3. The minimum atomic E-state index is -0.806. The van der Waals surface area contributed by atoms with Gasteiger partial charge in [0.05, 0.1) is 36.4 Å². The number of rotatable bonds is 6.